The smallest absolute Gasteiger partial charge is 0.168 e. The van der Waals surface area contributed by atoms with Gasteiger partial charge in [-0.15, -0.1) is 0 Å². The lowest BCUT2D eigenvalue weighted by Gasteiger charge is -2.30. The molecule has 0 bridgehead atoms. The van der Waals surface area contributed by atoms with Crippen molar-refractivity contribution in [3.05, 3.63) is 65.5 Å². The zero-order chi connectivity index (χ0) is 16.2. The first kappa shape index (κ1) is 15.4. The Bertz CT molecular complexity index is 708. The number of hydrogen-bond acceptors (Lipinski definition) is 4. The first-order valence-corrected chi connectivity index (χ1v) is 7.64. The summed E-state index contributed by atoms with van der Waals surface area (Å²) >= 11 is 0. The van der Waals surface area contributed by atoms with Gasteiger partial charge in [-0.05, 0) is 48.5 Å². The Kier molecular flexibility index (Phi) is 4.53. The van der Waals surface area contributed by atoms with Crippen molar-refractivity contribution in [2.45, 2.75) is 5.92 Å². The molecule has 4 heteroatoms. The molecule has 2 heterocycles. The largest absolute Gasteiger partial charge is 0.497 e. The number of ether oxygens (including phenoxy) is 1. The van der Waals surface area contributed by atoms with E-state index in [2.05, 4.69) is 9.88 Å². The average molecular weight is 308 g/mol. The number of hydrogen-bond donors (Lipinski definition) is 0. The van der Waals surface area contributed by atoms with Crippen LogP contribution in [0.4, 0.5) is 0 Å². The minimum absolute atomic E-state index is 0.124. The second-order valence-corrected chi connectivity index (χ2v) is 5.84. The third-order valence-corrected chi connectivity index (χ3v) is 4.13. The molecular weight excluding hydrogens is 288 g/mol. The molecule has 23 heavy (non-hydrogen) atoms. The van der Waals surface area contributed by atoms with Gasteiger partial charge in [0.2, 0.25) is 0 Å². The summed E-state index contributed by atoms with van der Waals surface area (Å²) < 4.78 is 5.17. The van der Waals surface area contributed by atoms with Crippen LogP contribution in [-0.4, -0.2) is 42.9 Å². The quantitative estimate of drug-likeness (QED) is 0.818. The molecule has 0 spiro atoms. The van der Waals surface area contributed by atoms with Gasteiger partial charge in [-0.1, -0.05) is 12.1 Å². The van der Waals surface area contributed by atoms with Crippen molar-refractivity contribution in [2.75, 3.05) is 27.2 Å². The van der Waals surface area contributed by atoms with E-state index in [0.717, 1.165) is 29.0 Å². The van der Waals surface area contributed by atoms with Gasteiger partial charge in [0, 0.05) is 31.1 Å². The van der Waals surface area contributed by atoms with Crippen molar-refractivity contribution < 1.29 is 9.53 Å². The number of benzene rings is 1. The Labute approximate surface area is 136 Å². The van der Waals surface area contributed by atoms with Crippen LogP contribution in [0.5, 0.6) is 5.75 Å². The number of pyridine rings is 1. The molecule has 2 aromatic rings. The summed E-state index contributed by atoms with van der Waals surface area (Å²) in [6, 6.07) is 11.6. The number of methoxy groups -OCH3 is 1. The van der Waals surface area contributed by atoms with Crippen LogP contribution in [0.1, 0.15) is 17.0 Å². The molecule has 1 aliphatic heterocycles. The van der Waals surface area contributed by atoms with Gasteiger partial charge in [-0.2, -0.15) is 0 Å². The number of piperidine rings is 1. The standard InChI is InChI=1S/C19H20N2O2/c1-21-12-16(11-14-3-5-17(23-2)6-4-14)19(22)18(13-21)15-7-9-20-10-8-15/h3-11,18H,12-13H2,1-2H3. The van der Waals surface area contributed by atoms with Crippen LogP contribution >= 0.6 is 0 Å². The van der Waals surface area contributed by atoms with Crippen LogP contribution in [0.2, 0.25) is 0 Å². The van der Waals surface area contributed by atoms with Gasteiger partial charge in [0.1, 0.15) is 5.75 Å². The topological polar surface area (TPSA) is 42.4 Å². The predicted octanol–water partition coefficient (Wildman–Crippen LogP) is 2.77. The normalized spacial score (nSPS) is 20.7. The van der Waals surface area contributed by atoms with Gasteiger partial charge in [-0.3, -0.25) is 9.78 Å². The van der Waals surface area contributed by atoms with Crippen molar-refractivity contribution in [3.63, 3.8) is 0 Å². The molecule has 0 amide bonds. The Balaban J connectivity index is 1.88. The number of aromatic nitrogens is 1. The molecule has 118 valence electrons. The van der Waals surface area contributed by atoms with E-state index in [1.807, 2.05) is 49.5 Å². The summed E-state index contributed by atoms with van der Waals surface area (Å²) in [6.45, 7) is 1.41. The fourth-order valence-corrected chi connectivity index (χ4v) is 2.92. The molecule has 1 unspecified atom stereocenters. The van der Waals surface area contributed by atoms with Crippen molar-refractivity contribution >= 4 is 11.9 Å². The van der Waals surface area contributed by atoms with E-state index in [4.69, 9.17) is 4.74 Å². The number of nitrogens with zero attached hydrogens (tertiary/aromatic N) is 2. The maximum absolute atomic E-state index is 12.9. The fraction of sp³-hybridized carbons (Fsp3) is 0.263. The monoisotopic (exact) mass is 308 g/mol. The minimum Gasteiger partial charge on any atom is -0.497 e. The third kappa shape index (κ3) is 3.48. The molecule has 0 aliphatic carbocycles. The average Bonchev–Trinajstić information content (AvgIpc) is 2.59. The number of rotatable bonds is 3. The summed E-state index contributed by atoms with van der Waals surface area (Å²) in [6.07, 6.45) is 5.46. The van der Waals surface area contributed by atoms with Crippen LogP contribution in [-0.2, 0) is 4.79 Å². The van der Waals surface area contributed by atoms with Crippen LogP contribution in [0.3, 0.4) is 0 Å². The third-order valence-electron chi connectivity index (χ3n) is 4.13. The molecule has 1 atom stereocenters. The number of ketones is 1. The van der Waals surface area contributed by atoms with Gasteiger partial charge in [-0.25, -0.2) is 0 Å². The number of likely N-dealkylation sites (N-methyl/N-ethyl adjacent to an activating group) is 1. The Morgan fingerprint density at radius 3 is 2.52 bits per heavy atom. The molecule has 1 aliphatic rings. The first-order chi connectivity index (χ1) is 11.2. The molecule has 4 nitrogen and oxygen atoms in total. The molecule has 1 aromatic heterocycles. The van der Waals surface area contributed by atoms with Gasteiger partial charge >= 0.3 is 0 Å². The van der Waals surface area contributed by atoms with E-state index < -0.39 is 0 Å². The molecule has 1 fully saturated rings. The van der Waals surface area contributed by atoms with E-state index >= 15 is 0 Å². The van der Waals surface area contributed by atoms with E-state index in [-0.39, 0.29) is 11.7 Å². The molecule has 0 N–H and O–H groups in total. The highest BCUT2D eigenvalue weighted by molar-refractivity contribution is 6.05. The van der Waals surface area contributed by atoms with Crippen molar-refractivity contribution in [3.8, 4) is 5.75 Å². The van der Waals surface area contributed by atoms with Crippen LogP contribution in [0.15, 0.2) is 54.4 Å². The summed E-state index contributed by atoms with van der Waals surface area (Å²) in [7, 11) is 3.69. The first-order valence-electron chi connectivity index (χ1n) is 7.64. The molecule has 1 saturated heterocycles. The summed E-state index contributed by atoms with van der Waals surface area (Å²) in [4.78, 5) is 19.1. The molecule has 0 saturated carbocycles. The summed E-state index contributed by atoms with van der Waals surface area (Å²) in [5.41, 5.74) is 2.88. The van der Waals surface area contributed by atoms with Crippen molar-refractivity contribution in [1.29, 1.82) is 0 Å². The highest BCUT2D eigenvalue weighted by atomic mass is 16.5. The van der Waals surface area contributed by atoms with E-state index in [9.17, 15) is 4.79 Å². The van der Waals surface area contributed by atoms with Crippen molar-refractivity contribution in [1.82, 2.24) is 9.88 Å². The zero-order valence-corrected chi connectivity index (χ0v) is 13.4. The van der Waals surface area contributed by atoms with E-state index in [0.29, 0.717) is 6.54 Å². The maximum Gasteiger partial charge on any atom is 0.168 e. The highest BCUT2D eigenvalue weighted by Crippen LogP contribution is 2.27. The number of Topliss-reactive ketones (excluding diaryl/α,β-unsaturated/α-hetero) is 1. The lowest BCUT2D eigenvalue weighted by molar-refractivity contribution is -0.118. The minimum atomic E-state index is -0.124. The maximum atomic E-state index is 12.9. The van der Waals surface area contributed by atoms with Crippen LogP contribution in [0.25, 0.3) is 6.08 Å². The summed E-state index contributed by atoms with van der Waals surface area (Å²) in [5, 5.41) is 0. The Morgan fingerprint density at radius 2 is 1.87 bits per heavy atom. The SMILES string of the molecule is COc1ccc(C=C2CN(C)CC(c3ccncc3)C2=O)cc1. The number of carbonyl (C=O) groups is 1. The molecule has 3 rings (SSSR count). The second kappa shape index (κ2) is 6.75. The van der Waals surface area contributed by atoms with Gasteiger partial charge < -0.3 is 9.64 Å². The molecule has 1 aromatic carbocycles. The van der Waals surface area contributed by atoms with Gasteiger partial charge in [0.15, 0.2) is 5.78 Å². The van der Waals surface area contributed by atoms with E-state index in [1.54, 1.807) is 19.5 Å². The summed E-state index contributed by atoms with van der Waals surface area (Å²) in [5.74, 6) is 0.889. The number of likely N-dealkylation sites (tertiary alicyclic amines) is 1. The van der Waals surface area contributed by atoms with E-state index in [1.165, 1.54) is 0 Å². The Morgan fingerprint density at radius 1 is 1.17 bits per heavy atom. The predicted molar refractivity (Wildman–Crippen MR) is 90.5 cm³/mol. The number of carbonyl (C=O) groups excluding carboxylic acids is 1. The Hall–Kier alpha value is -2.46. The highest BCUT2D eigenvalue weighted by Gasteiger charge is 2.30. The van der Waals surface area contributed by atoms with Crippen molar-refractivity contribution in [2.24, 2.45) is 0 Å². The second-order valence-electron chi connectivity index (χ2n) is 5.84. The lowest BCUT2D eigenvalue weighted by Crippen LogP contribution is -2.38. The van der Waals surface area contributed by atoms with Gasteiger partial charge in [0.25, 0.3) is 0 Å². The lowest BCUT2D eigenvalue weighted by atomic mass is 9.86. The fourth-order valence-electron chi connectivity index (χ4n) is 2.92. The van der Waals surface area contributed by atoms with Crippen LogP contribution in [0, 0.1) is 0 Å². The molecule has 0 radical (unpaired) electrons. The molecular formula is C19H20N2O2. The van der Waals surface area contributed by atoms with Gasteiger partial charge in [0.05, 0.1) is 13.0 Å². The zero-order valence-electron chi connectivity index (χ0n) is 13.4. The van der Waals surface area contributed by atoms with Crippen LogP contribution < -0.4 is 4.74 Å².